The minimum Gasteiger partial charge on any atom is -0.381 e. The lowest BCUT2D eigenvalue weighted by molar-refractivity contribution is -0.117. The van der Waals surface area contributed by atoms with Crippen LogP contribution >= 0.6 is 11.6 Å². The highest BCUT2D eigenvalue weighted by atomic mass is 35.5. The fourth-order valence-corrected chi connectivity index (χ4v) is 4.75. The van der Waals surface area contributed by atoms with Crippen LogP contribution in [0.2, 0.25) is 5.02 Å². The Balaban J connectivity index is 1.50. The quantitative estimate of drug-likeness (QED) is 0.162. The van der Waals surface area contributed by atoms with Crippen molar-refractivity contribution in [1.82, 2.24) is 5.32 Å². The molecule has 0 fully saturated rings. The molecule has 0 unspecified atom stereocenters. The van der Waals surface area contributed by atoms with E-state index in [0.29, 0.717) is 34.7 Å². The fraction of sp³-hybridized carbons (Fsp3) is 0.118. The summed E-state index contributed by atoms with van der Waals surface area (Å²) >= 11 is 6.04. The van der Waals surface area contributed by atoms with Crippen LogP contribution in [0, 0.1) is 0 Å². The molecule has 0 bridgehead atoms. The number of allylic oxidation sites excluding steroid dienone is 1. The van der Waals surface area contributed by atoms with E-state index in [1.165, 1.54) is 0 Å². The van der Waals surface area contributed by atoms with Gasteiger partial charge in [-0.2, -0.15) is 0 Å². The summed E-state index contributed by atoms with van der Waals surface area (Å²) in [5.41, 5.74) is 6.22. The number of anilines is 4. The number of benzene rings is 4. The molecule has 1 N–H and O–H groups in total. The van der Waals surface area contributed by atoms with E-state index in [0.717, 1.165) is 34.9 Å². The summed E-state index contributed by atoms with van der Waals surface area (Å²) in [6.45, 7) is 4.53. The van der Waals surface area contributed by atoms with Crippen LogP contribution in [-0.4, -0.2) is 25.3 Å². The number of nitrogens with one attached hydrogen (secondary N) is 1. The van der Waals surface area contributed by atoms with Crippen molar-refractivity contribution in [2.45, 2.75) is 12.8 Å². The Hall–Kier alpha value is -4.61. The van der Waals surface area contributed by atoms with Gasteiger partial charge in [-0.1, -0.05) is 35.9 Å². The molecule has 0 radical (unpaired) electrons. The second kappa shape index (κ2) is 12.1. The first-order valence-electron chi connectivity index (χ1n) is 13.2. The van der Waals surface area contributed by atoms with E-state index in [1.54, 1.807) is 17.0 Å². The van der Waals surface area contributed by atoms with Gasteiger partial charge >= 0.3 is 0 Å². The maximum Gasteiger partial charge on any atom is 0.231 e. The molecule has 4 aromatic rings. The number of hydrogen-bond donors (Lipinski definition) is 1. The van der Waals surface area contributed by atoms with Crippen molar-refractivity contribution in [3.63, 3.8) is 0 Å². The molecule has 4 aromatic carbocycles. The average Bonchev–Trinajstić information content (AvgIpc) is 2.95. The molecule has 1 amide bonds. The maximum atomic E-state index is 13.8. The normalized spacial score (nSPS) is 12.0. The van der Waals surface area contributed by atoms with Crippen molar-refractivity contribution in [3.05, 3.63) is 138 Å². The first-order chi connectivity index (χ1) is 19.4. The molecule has 0 aromatic heterocycles. The Kier molecular flexibility index (Phi) is 8.13. The third kappa shape index (κ3) is 5.85. The van der Waals surface area contributed by atoms with Gasteiger partial charge in [0, 0.05) is 64.5 Å². The van der Waals surface area contributed by atoms with Gasteiger partial charge in [-0.15, -0.1) is 6.58 Å². The van der Waals surface area contributed by atoms with Gasteiger partial charge in [0.2, 0.25) is 5.91 Å². The number of nitrogens with zero attached hydrogens (tertiary/aromatic N) is 2. The fourth-order valence-electron chi connectivity index (χ4n) is 4.62. The molecule has 1 aliphatic heterocycles. The zero-order chi connectivity index (χ0) is 28.1. The molecule has 1 heterocycles. The van der Waals surface area contributed by atoms with Crippen molar-refractivity contribution in [1.29, 1.82) is 0 Å². The third-order valence-electron chi connectivity index (χ3n) is 6.90. The summed E-state index contributed by atoms with van der Waals surface area (Å²) in [7, 11) is 1.97. The first kappa shape index (κ1) is 27.0. The Labute approximate surface area is 240 Å². The number of rotatable bonds is 10. The van der Waals surface area contributed by atoms with Gasteiger partial charge in [-0.25, -0.2) is 0 Å². The summed E-state index contributed by atoms with van der Waals surface area (Å²) in [5.74, 6) is -0.179. The Bertz CT molecular complexity index is 1560. The molecule has 0 atom stereocenters. The molecule has 0 spiro atoms. The third-order valence-corrected chi connectivity index (χ3v) is 7.16. The zero-order valence-corrected chi connectivity index (χ0v) is 23.1. The summed E-state index contributed by atoms with van der Waals surface area (Å²) in [6.07, 6.45) is 4.69. The smallest absolute Gasteiger partial charge is 0.231 e. The second-order valence-corrected chi connectivity index (χ2v) is 10.0. The SMILES string of the molecule is C=CCCC(=O)N(c1ccccc1)c1cc(C(=O)c2ccc(N(C)c3ccc(Cl)cc3)cc2)cc(C2=CCN2)c1. The second-order valence-electron chi connectivity index (χ2n) is 9.57. The van der Waals surface area contributed by atoms with Gasteiger partial charge in [0.25, 0.3) is 0 Å². The van der Waals surface area contributed by atoms with E-state index in [1.807, 2.05) is 103 Å². The summed E-state index contributed by atoms with van der Waals surface area (Å²) in [5, 5.41) is 3.98. The van der Waals surface area contributed by atoms with E-state index in [4.69, 9.17) is 11.6 Å². The largest absolute Gasteiger partial charge is 0.381 e. The molecule has 1 aliphatic rings. The van der Waals surface area contributed by atoms with Gasteiger partial charge in [-0.05, 0) is 91.4 Å². The number of hydrogen-bond acceptors (Lipinski definition) is 4. The van der Waals surface area contributed by atoms with E-state index in [-0.39, 0.29) is 11.7 Å². The van der Waals surface area contributed by atoms with Crippen LogP contribution in [0.25, 0.3) is 5.70 Å². The van der Waals surface area contributed by atoms with Gasteiger partial charge < -0.3 is 10.2 Å². The Morgan fingerprint density at radius 3 is 2.10 bits per heavy atom. The number of carbonyl (C=O) groups excluding carboxylic acids is 2. The number of carbonyl (C=O) groups is 2. The van der Waals surface area contributed by atoms with Crippen molar-refractivity contribution < 1.29 is 9.59 Å². The van der Waals surface area contributed by atoms with Crippen LogP contribution < -0.4 is 15.1 Å². The lowest BCUT2D eigenvalue weighted by Gasteiger charge is -2.26. The van der Waals surface area contributed by atoms with Crippen molar-refractivity contribution in [3.8, 4) is 0 Å². The van der Waals surface area contributed by atoms with E-state index in [9.17, 15) is 9.59 Å². The number of amides is 1. The summed E-state index contributed by atoms with van der Waals surface area (Å²) in [6, 6.07) is 30.3. The molecule has 40 heavy (non-hydrogen) atoms. The molecule has 0 aliphatic carbocycles. The highest BCUT2D eigenvalue weighted by molar-refractivity contribution is 6.30. The monoisotopic (exact) mass is 547 g/mol. The predicted octanol–water partition coefficient (Wildman–Crippen LogP) is 7.91. The van der Waals surface area contributed by atoms with Crippen molar-refractivity contribution in [2.24, 2.45) is 0 Å². The molecule has 0 saturated carbocycles. The minimum absolute atomic E-state index is 0.0632. The molecule has 6 heteroatoms. The van der Waals surface area contributed by atoms with Crippen LogP contribution in [0.3, 0.4) is 0 Å². The molecule has 5 rings (SSSR count). The van der Waals surface area contributed by atoms with Crippen LogP contribution in [0.15, 0.2) is 116 Å². The Morgan fingerprint density at radius 1 is 0.850 bits per heavy atom. The highest BCUT2D eigenvalue weighted by Crippen LogP contribution is 2.32. The Morgan fingerprint density at radius 2 is 1.50 bits per heavy atom. The van der Waals surface area contributed by atoms with E-state index >= 15 is 0 Å². The van der Waals surface area contributed by atoms with Crippen LogP contribution in [0.1, 0.15) is 34.3 Å². The number of para-hydroxylation sites is 1. The summed E-state index contributed by atoms with van der Waals surface area (Å²) < 4.78 is 0. The van der Waals surface area contributed by atoms with Crippen molar-refractivity contribution >= 4 is 51.7 Å². The van der Waals surface area contributed by atoms with Crippen LogP contribution in [0.5, 0.6) is 0 Å². The van der Waals surface area contributed by atoms with Gasteiger partial charge in [0.05, 0.1) is 5.69 Å². The lowest BCUT2D eigenvalue weighted by Crippen LogP contribution is -2.27. The molecule has 5 nitrogen and oxygen atoms in total. The topological polar surface area (TPSA) is 52.7 Å². The molecule has 200 valence electrons. The number of halogens is 1. The number of ketones is 1. The lowest BCUT2D eigenvalue weighted by atomic mass is 9.97. The summed E-state index contributed by atoms with van der Waals surface area (Å²) in [4.78, 5) is 30.9. The van der Waals surface area contributed by atoms with Gasteiger partial charge in [0.15, 0.2) is 5.78 Å². The van der Waals surface area contributed by atoms with Crippen LogP contribution in [-0.2, 0) is 4.79 Å². The van der Waals surface area contributed by atoms with E-state index in [2.05, 4.69) is 18.0 Å². The zero-order valence-electron chi connectivity index (χ0n) is 22.3. The van der Waals surface area contributed by atoms with Gasteiger partial charge in [0.1, 0.15) is 0 Å². The van der Waals surface area contributed by atoms with Gasteiger partial charge in [-0.3, -0.25) is 14.5 Å². The minimum atomic E-state index is -0.115. The van der Waals surface area contributed by atoms with E-state index < -0.39 is 0 Å². The standard InChI is InChI=1S/C34H30ClN3O2/c1-3-4-10-33(39)38(30-8-6-5-7-9-30)31-22-25(32-19-20-36-32)21-26(23-31)34(40)24-11-15-28(16-12-24)37(2)29-17-13-27(35)14-18-29/h3,5-9,11-19,21-23,36H,1,4,10,20H2,2H3. The molecule has 0 saturated heterocycles. The molecular formula is C34H30ClN3O2. The average molecular weight is 548 g/mol. The highest BCUT2D eigenvalue weighted by Gasteiger charge is 2.22. The van der Waals surface area contributed by atoms with Crippen LogP contribution in [0.4, 0.5) is 22.7 Å². The predicted molar refractivity (Wildman–Crippen MR) is 165 cm³/mol. The van der Waals surface area contributed by atoms with Crippen molar-refractivity contribution in [2.75, 3.05) is 23.4 Å². The molecular weight excluding hydrogens is 518 g/mol. The maximum absolute atomic E-state index is 13.8. The first-order valence-corrected chi connectivity index (χ1v) is 13.5.